The Kier molecular flexibility index (Phi) is 4.89. The molecule has 0 spiro atoms. The number of carbonyl (C=O) groups is 2. The number of carbonyl (C=O) groups excluding carboxylic acids is 2. The van der Waals surface area contributed by atoms with Gasteiger partial charge in [-0.25, -0.2) is 8.42 Å². The highest BCUT2D eigenvalue weighted by molar-refractivity contribution is 8.26. The predicted octanol–water partition coefficient (Wildman–Crippen LogP) is 1.04. The van der Waals surface area contributed by atoms with E-state index >= 15 is 0 Å². The maximum absolute atomic E-state index is 12.6. The summed E-state index contributed by atoms with van der Waals surface area (Å²) >= 11 is 6.32. The van der Waals surface area contributed by atoms with Gasteiger partial charge in [0.05, 0.1) is 16.7 Å². The second-order valence-electron chi connectivity index (χ2n) is 6.21. The lowest BCUT2D eigenvalue weighted by molar-refractivity contribution is -0.128. The minimum absolute atomic E-state index is 0.160. The third-order valence-electron chi connectivity index (χ3n) is 4.15. The fraction of sp³-hybridized carbons (Fsp3) is 0.235. The van der Waals surface area contributed by atoms with E-state index in [-0.39, 0.29) is 29.3 Å². The number of nitrogens with one attached hydrogen (secondary N) is 1. The average molecular weight is 439 g/mol. The maximum atomic E-state index is 12.6. The number of amides is 2. The number of nitrogens with zero attached hydrogens (tertiary/aromatic N) is 1. The lowest BCUT2D eigenvalue weighted by atomic mass is 10.2. The summed E-state index contributed by atoms with van der Waals surface area (Å²) in [7, 11) is -3.27. The van der Waals surface area contributed by atoms with E-state index in [2.05, 4.69) is 5.32 Å². The van der Waals surface area contributed by atoms with Crippen LogP contribution in [-0.2, 0) is 19.4 Å². The first-order valence-corrected chi connectivity index (χ1v) is 11.1. The van der Waals surface area contributed by atoms with Crippen molar-refractivity contribution in [3.8, 4) is 11.5 Å². The van der Waals surface area contributed by atoms with Crippen molar-refractivity contribution < 1.29 is 27.5 Å². The number of benzene rings is 1. The first-order chi connectivity index (χ1) is 13.3. The summed E-state index contributed by atoms with van der Waals surface area (Å²) in [5, 5.41) is 3.65. The number of hydrogen-bond donors (Lipinski definition) is 1. The Balaban J connectivity index is 1.42. The highest BCUT2D eigenvalue weighted by atomic mass is 32.2. The van der Waals surface area contributed by atoms with Crippen molar-refractivity contribution in [3.05, 3.63) is 40.2 Å². The summed E-state index contributed by atoms with van der Waals surface area (Å²) in [4.78, 5) is 26.4. The summed E-state index contributed by atoms with van der Waals surface area (Å²) in [6, 6.07) is 4.71. The molecule has 8 nitrogen and oxygen atoms in total. The van der Waals surface area contributed by atoms with E-state index in [1.54, 1.807) is 24.3 Å². The zero-order valence-electron chi connectivity index (χ0n) is 14.3. The van der Waals surface area contributed by atoms with Gasteiger partial charge < -0.3 is 14.8 Å². The third kappa shape index (κ3) is 3.91. The van der Waals surface area contributed by atoms with Crippen molar-refractivity contribution >= 4 is 56.0 Å². The number of sulfone groups is 1. The number of hydrogen-bond acceptors (Lipinski definition) is 8. The Morgan fingerprint density at radius 3 is 2.89 bits per heavy atom. The molecule has 1 aromatic rings. The normalized spacial score (nSPS) is 23.6. The second-order valence-corrected chi connectivity index (χ2v) is 9.82. The Morgan fingerprint density at radius 2 is 2.14 bits per heavy atom. The molecule has 0 unspecified atom stereocenters. The Morgan fingerprint density at radius 1 is 1.36 bits per heavy atom. The van der Waals surface area contributed by atoms with Crippen molar-refractivity contribution in [2.45, 2.75) is 6.04 Å². The molecular formula is C17H14N2O6S3. The van der Waals surface area contributed by atoms with Crippen LogP contribution in [0.5, 0.6) is 11.5 Å². The highest BCUT2D eigenvalue weighted by Gasteiger charge is 2.34. The van der Waals surface area contributed by atoms with Crippen LogP contribution >= 0.6 is 24.0 Å². The van der Waals surface area contributed by atoms with Gasteiger partial charge in [0, 0.05) is 5.41 Å². The molecule has 2 amide bonds. The highest BCUT2D eigenvalue weighted by Crippen LogP contribution is 2.36. The lowest BCUT2D eigenvalue weighted by Crippen LogP contribution is -2.43. The fourth-order valence-electron chi connectivity index (χ4n) is 2.85. The van der Waals surface area contributed by atoms with E-state index in [1.165, 1.54) is 11.0 Å². The van der Waals surface area contributed by atoms with Gasteiger partial charge in [0.15, 0.2) is 21.3 Å². The summed E-state index contributed by atoms with van der Waals surface area (Å²) < 4.78 is 33.7. The minimum atomic E-state index is -3.27. The summed E-state index contributed by atoms with van der Waals surface area (Å²) in [6.45, 7) is -0.110. The fourth-order valence-corrected chi connectivity index (χ4v) is 5.34. The van der Waals surface area contributed by atoms with Crippen molar-refractivity contribution in [1.29, 1.82) is 0 Å². The van der Waals surface area contributed by atoms with Crippen LogP contribution in [0.1, 0.15) is 5.56 Å². The third-order valence-corrected chi connectivity index (χ3v) is 6.92. The van der Waals surface area contributed by atoms with E-state index in [9.17, 15) is 18.0 Å². The molecule has 0 radical (unpaired) electrons. The van der Waals surface area contributed by atoms with Crippen molar-refractivity contribution in [3.63, 3.8) is 0 Å². The van der Waals surface area contributed by atoms with Crippen LogP contribution in [0.15, 0.2) is 34.6 Å². The topological polar surface area (TPSA) is 102 Å². The van der Waals surface area contributed by atoms with Crippen LogP contribution in [-0.4, -0.2) is 54.6 Å². The molecule has 28 heavy (non-hydrogen) atoms. The molecule has 0 bridgehead atoms. The van der Waals surface area contributed by atoms with Crippen LogP contribution in [0.2, 0.25) is 0 Å². The molecule has 146 valence electrons. The maximum Gasteiger partial charge on any atom is 0.266 e. The second kappa shape index (κ2) is 7.22. The molecule has 11 heteroatoms. The van der Waals surface area contributed by atoms with Gasteiger partial charge in [-0.1, -0.05) is 30.0 Å². The van der Waals surface area contributed by atoms with E-state index in [4.69, 9.17) is 21.7 Å². The molecule has 4 rings (SSSR count). The molecule has 3 aliphatic heterocycles. The van der Waals surface area contributed by atoms with Gasteiger partial charge in [0.25, 0.3) is 5.91 Å². The van der Waals surface area contributed by atoms with Gasteiger partial charge in [-0.2, -0.15) is 0 Å². The van der Waals surface area contributed by atoms with E-state index in [1.807, 2.05) is 0 Å². The molecule has 1 saturated heterocycles. The SMILES string of the molecule is O=C(CN1C(=O)/C(=C\c2ccc3c(c2)OCO3)SC1=S)N[C@@H]1C=CS(=O)(=O)C1. The molecule has 1 fully saturated rings. The number of thioether (sulfide) groups is 1. The molecule has 1 atom stereocenters. The molecule has 3 heterocycles. The zero-order valence-corrected chi connectivity index (χ0v) is 16.7. The van der Waals surface area contributed by atoms with Gasteiger partial charge in [-0.05, 0) is 29.8 Å². The van der Waals surface area contributed by atoms with Gasteiger partial charge in [0.2, 0.25) is 12.7 Å². The van der Waals surface area contributed by atoms with E-state index < -0.39 is 21.8 Å². The molecule has 3 aliphatic rings. The smallest absolute Gasteiger partial charge is 0.266 e. The number of rotatable bonds is 4. The van der Waals surface area contributed by atoms with Crippen molar-refractivity contribution in [1.82, 2.24) is 10.2 Å². The first-order valence-electron chi connectivity index (χ1n) is 8.16. The largest absolute Gasteiger partial charge is 0.454 e. The average Bonchev–Trinajstić information content (AvgIpc) is 3.29. The van der Waals surface area contributed by atoms with Crippen LogP contribution < -0.4 is 14.8 Å². The zero-order chi connectivity index (χ0) is 19.9. The van der Waals surface area contributed by atoms with Gasteiger partial charge in [-0.15, -0.1) is 0 Å². The number of fused-ring (bicyclic) bond motifs is 1. The Bertz CT molecular complexity index is 1050. The summed E-state index contributed by atoms with van der Waals surface area (Å²) in [5.41, 5.74) is 0.746. The summed E-state index contributed by atoms with van der Waals surface area (Å²) in [6.07, 6.45) is 3.09. The number of thiocarbonyl (C=S) groups is 1. The van der Waals surface area contributed by atoms with Crippen LogP contribution in [0.25, 0.3) is 6.08 Å². The minimum Gasteiger partial charge on any atom is -0.454 e. The molecule has 0 aromatic heterocycles. The monoisotopic (exact) mass is 438 g/mol. The van der Waals surface area contributed by atoms with E-state index in [0.29, 0.717) is 16.4 Å². The van der Waals surface area contributed by atoms with Crippen molar-refractivity contribution in [2.75, 3.05) is 19.1 Å². The number of ether oxygens (including phenoxy) is 2. The molecule has 1 N–H and O–H groups in total. The van der Waals surface area contributed by atoms with Crippen LogP contribution in [0.4, 0.5) is 0 Å². The standard InChI is InChI=1S/C17H14N2O6S3/c20-15(18-11-3-4-28(22,23)8-11)7-19-16(21)14(27-17(19)26)6-10-1-2-12-13(5-10)25-9-24-12/h1-6,11H,7-9H2,(H,18,20)/b14-6+/t11-/m1/s1. The molecule has 0 aliphatic carbocycles. The van der Waals surface area contributed by atoms with Crippen molar-refractivity contribution in [2.24, 2.45) is 0 Å². The molecule has 0 saturated carbocycles. The lowest BCUT2D eigenvalue weighted by Gasteiger charge is -2.16. The quantitative estimate of drug-likeness (QED) is 0.550. The summed E-state index contributed by atoms with van der Waals surface area (Å²) in [5.74, 6) is 0.207. The van der Waals surface area contributed by atoms with Crippen LogP contribution in [0, 0.1) is 0 Å². The Hall–Kier alpha value is -2.37. The van der Waals surface area contributed by atoms with E-state index in [0.717, 1.165) is 22.7 Å². The van der Waals surface area contributed by atoms with Gasteiger partial charge >= 0.3 is 0 Å². The van der Waals surface area contributed by atoms with Crippen LogP contribution in [0.3, 0.4) is 0 Å². The first kappa shape index (κ1) is 19.0. The Labute approximate surface area is 170 Å². The van der Waals surface area contributed by atoms with Gasteiger partial charge in [0.1, 0.15) is 10.9 Å². The predicted molar refractivity (Wildman–Crippen MR) is 107 cm³/mol. The molecule has 1 aromatic carbocycles. The molecular weight excluding hydrogens is 424 g/mol. The van der Waals surface area contributed by atoms with Gasteiger partial charge in [-0.3, -0.25) is 14.5 Å².